The maximum Gasteiger partial charge on any atom is 0.254 e. The number of aryl methyl sites for hydroxylation is 1. The normalized spacial score (nSPS) is 18.6. The summed E-state index contributed by atoms with van der Waals surface area (Å²) in [4.78, 5) is 30.2. The molecule has 8 heteroatoms. The van der Waals surface area contributed by atoms with Gasteiger partial charge in [-0.25, -0.2) is 9.97 Å². The van der Waals surface area contributed by atoms with E-state index in [1.165, 1.54) is 0 Å². The predicted octanol–water partition coefficient (Wildman–Crippen LogP) is 2.10. The number of pyridine rings is 1. The molecule has 5 rings (SSSR count). The molecule has 1 N–H and O–H groups in total. The van der Waals surface area contributed by atoms with Gasteiger partial charge in [-0.2, -0.15) is 0 Å². The molecule has 5 heterocycles. The first-order valence-electron chi connectivity index (χ1n) is 10.1. The molecule has 1 fully saturated rings. The molecule has 0 aromatic carbocycles. The van der Waals surface area contributed by atoms with Crippen LogP contribution in [-0.2, 0) is 6.42 Å². The molecule has 0 aliphatic carbocycles. The fourth-order valence-corrected chi connectivity index (χ4v) is 4.13. The quantitative estimate of drug-likeness (QED) is 0.730. The van der Waals surface area contributed by atoms with Crippen molar-refractivity contribution in [1.29, 1.82) is 0 Å². The van der Waals surface area contributed by atoms with Gasteiger partial charge in [0.25, 0.3) is 5.91 Å². The summed E-state index contributed by atoms with van der Waals surface area (Å²) in [5.74, 6) is 1.53. The topological polar surface area (TPSA) is 87.4 Å². The van der Waals surface area contributed by atoms with Gasteiger partial charge in [0.2, 0.25) is 5.95 Å². The molecule has 0 radical (unpaired) electrons. The molecule has 3 aromatic heterocycles. The molecule has 2 aliphatic rings. The molecule has 1 saturated heterocycles. The summed E-state index contributed by atoms with van der Waals surface area (Å²) < 4.78 is 5.74. The molecule has 3 aromatic rings. The Hall–Kier alpha value is -3.00. The zero-order chi connectivity index (χ0) is 20.0. The van der Waals surface area contributed by atoms with Gasteiger partial charge in [-0.3, -0.25) is 14.7 Å². The van der Waals surface area contributed by atoms with Crippen LogP contribution in [0.25, 0.3) is 11.1 Å². The summed E-state index contributed by atoms with van der Waals surface area (Å²) in [6.07, 6.45) is 4.37. The van der Waals surface area contributed by atoms with Crippen LogP contribution in [0.1, 0.15) is 40.3 Å². The van der Waals surface area contributed by atoms with Crippen molar-refractivity contribution in [3.8, 4) is 0 Å². The van der Waals surface area contributed by atoms with E-state index in [1.54, 1.807) is 6.20 Å². The lowest BCUT2D eigenvalue weighted by Crippen LogP contribution is -2.48. The van der Waals surface area contributed by atoms with Crippen LogP contribution in [0.15, 0.2) is 28.9 Å². The third-order valence-electron chi connectivity index (χ3n) is 5.89. The highest BCUT2D eigenvalue weighted by molar-refractivity contribution is 5.96. The minimum Gasteiger partial charge on any atom is -0.460 e. The van der Waals surface area contributed by atoms with Gasteiger partial charge in [0.1, 0.15) is 11.3 Å². The Kier molecular flexibility index (Phi) is 4.43. The van der Waals surface area contributed by atoms with Crippen LogP contribution < -0.4 is 10.2 Å². The Morgan fingerprint density at radius 1 is 1.14 bits per heavy atom. The highest BCUT2D eigenvalue weighted by Crippen LogP contribution is 2.26. The number of nitrogens with one attached hydrogen (secondary N) is 1. The second-order valence-corrected chi connectivity index (χ2v) is 7.74. The van der Waals surface area contributed by atoms with E-state index in [0.717, 1.165) is 66.7 Å². The van der Waals surface area contributed by atoms with E-state index >= 15 is 0 Å². The van der Waals surface area contributed by atoms with Gasteiger partial charge >= 0.3 is 0 Å². The van der Waals surface area contributed by atoms with Crippen LogP contribution in [0, 0.1) is 6.92 Å². The summed E-state index contributed by atoms with van der Waals surface area (Å²) in [5.41, 5.74) is 4.36. The number of hydrogen-bond acceptors (Lipinski definition) is 7. The van der Waals surface area contributed by atoms with E-state index in [9.17, 15) is 4.79 Å². The van der Waals surface area contributed by atoms with Crippen LogP contribution in [0.2, 0.25) is 0 Å². The van der Waals surface area contributed by atoms with Gasteiger partial charge in [0.15, 0.2) is 5.58 Å². The zero-order valence-corrected chi connectivity index (χ0v) is 16.7. The van der Waals surface area contributed by atoms with E-state index in [0.29, 0.717) is 12.1 Å². The Morgan fingerprint density at radius 2 is 1.97 bits per heavy atom. The van der Waals surface area contributed by atoms with E-state index in [1.807, 2.05) is 19.2 Å². The molecule has 1 unspecified atom stereocenters. The van der Waals surface area contributed by atoms with Crippen molar-refractivity contribution in [3.63, 3.8) is 0 Å². The Bertz CT molecular complexity index is 1070. The largest absolute Gasteiger partial charge is 0.460 e. The third-order valence-corrected chi connectivity index (χ3v) is 5.89. The fourth-order valence-electron chi connectivity index (χ4n) is 4.13. The minimum atomic E-state index is -0.0752. The molecular weight excluding hydrogens is 368 g/mol. The number of piperazine rings is 1. The summed E-state index contributed by atoms with van der Waals surface area (Å²) in [6.45, 7) is 8.33. The second kappa shape index (κ2) is 7.11. The third kappa shape index (κ3) is 3.33. The van der Waals surface area contributed by atoms with Crippen molar-refractivity contribution in [2.45, 2.75) is 26.3 Å². The molecular formula is C21H24N6O2. The van der Waals surface area contributed by atoms with Gasteiger partial charge in [0, 0.05) is 63.6 Å². The maximum absolute atomic E-state index is 11.9. The molecule has 150 valence electrons. The smallest absolute Gasteiger partial charge is 0.254 e. The average Bonchev–Trinajstić information content (AvgIpc) is 3.12. The number of carbonyl (C=O) groups is 1. The number of rotatable bonds is 3. The molecule has 0 saturated carbocycles. The molecule has 8 nitrogen and oxygen atoms in total. The molecule has 29 heavy (non-hydrogen) atoms. The standard InChI is InChI=1S/C21H24N6O2/c1-13-9-18-19(29-13)10-15(11-23-18)14(2)26-5-7-27(8-6-26)21-24-12-16-17(25-21)3-4-22-20(16)28/h9-12,14H,3-8H2,1-2H3,(H,22,28). The Labute approximate surface area is 168 Å². The molecule has 1 atom stereocenters. The number of carbonyl (C=O) groups excluding carboxylic acids is 1. The van der Waals surface area contributed by atoms with Crippen LogP contribution in [0.5, 0.6) is 0 Å². The summed E-state index contributed by atoms with van der Waals surface area (Å²) in [6, 6.07) is 4.32. The predicted molar refractivity (Wildman–Crippen MR) is 109 cm³/mol. The molecule has 1 amide bonds. The molecule has 0 spiro atoms. The van der Waals surface area contributed by atoms with Crippen molar-refractivity contribution in [2.24, 2.45) is 0 Å². The number of fused-ring (bicyclic) bond motifs is 2. The second-order valence-electron chi connectivity index (χ2n) is 7.74. The van der Waals surface area contributed by atoms with Crippen molar-refractivity contribution >= 4 is 23.0 Å². The van der Waals surface area contributed by atoms with Gasteiger partial charge in [0.05, 0.1) is 11.3 Å². The molecule has 2 aliphatic heterocycles. The number of amides is 1. The van der Waals surface area contributed by atoms with E-state index < -0.39 is 0 Å². The van der Waals surface area contributed by atoms with Gasteiger partial charge in [-0.1, -0.05) is 0 Å². The average molecular weight is 392 g/mol. The van der Waals surface area contributed by atoms with E-state index in [2.05, 4.69) is 43.1 Å². The Balaban J connectivity index is 1.27. The fraction of sp³-hybridized carbons (Fsp3) is 0.429. The van der Waals surface area contributed by atoms with Crippen LogP contribution >= 0.6 is 0 Å². The monoisotopic (exact) mass is 392 g/mol. The number of hydrogen-bond donors (Lipinski definition) is 1. The van der Waals surface area contributed by atoms with Crippen molar-refractivity contribution in [1.82, 2.24) is 25.2 Å². The summed E-state index contributed by atoms with van der Waals surface area (Å²) >= 11 is 0. The summed E-state index contributed by atoms with van der Waals surface area (Å²) in [7, 11) is 0. The number of anilines is 1. The van der Waals surface area contributed by atoms with Crippen molar-refractivity contribution in [2.75, 3.05) is 37.6 Å². The van der Waals surface area contributed by atoms with Crippen molar-refractivity contribution in [3.05, 3.63) is 47.1 Å². The lowest BCUT2D eigenvalue weighted by atomic mass is 10.1. The number of aromatic nitrogens is 3. The van der Waals surface area contributed by atoms with Crippen LogP contribution in [-0.4, -0.2) is 58.5 Å². The Morgan fingerprint density at radius 3 is 2.79 bits per heavy atom. The van der Waals surface area contributed by atoms with Crippen LogP contribution in [0.3, 0.4) is 0 Å². The van der Waals surface area contributed by atoms with Gasteiger partial charge in [-0.05, 0) is 25.5 Å². The number of furan rings is 1. The first-order valence-corrected chi connectivity index (χ1v) is 10.1. The van der Waals surface area contributed by atoms with Crippen molar-refractivity contribution < 1.29 is 9.21 Å². The minimum absolute atomic E-state index is 0.0752. The van der Waals surface area contributed by atoms with Gasteiger partial charge < -0.3 is 14.6 Å². The lowest BCUT2D eigenvalue weighted by Gasteiger charge is -2.38. The summed E-state index contributed by atoms with van der Waals surface area (Å²) in [5, 5.41) is 2.83. The first-order chi connectivity index (χ1) is 14.1. The SMILES string of the molecule is Cc1cc2ncc(C(C)N3CCN(c4ncc5c(n4)CCNC5=O)CC3)cc2o1. The maximum atomic E-state index is 11.9. The zero-order valence-electron chi connectivity index (χ0n) is 16.7. The van der Waals surface area contributed by atoms with Crippen LogP contribution in [0.4, 0.5) is 5.95 Å². The van der Waals surface area contributed by atoms with Gasteiger partial charge in [-0.15, -0.1) is 0 Å². The highest BCUT2D eigenvalue weighted by Gasteiger charge is 2.26. The highest BCUT2D eigenvalue weighted by atomic mass is 16.3. The van der Waals surface area contributed by atoms with E-state index in [-0.39, 0.29) is 11.9 Å². The number of nitrogens with zero attached hydrogens (tertiary/aromatic N) is 5. The van der Waals surface area contributed by atoms with E-state index in [4.69, 9.17) is 4.42 Å². The molecule has 0 bridgehead atoms. The first kappa shape index (κ1) is 18.1. The lowest BCUT2D eigenvalue weighted by molar-refractivity contribution is 0.0944.